The van der Waals surface area contributed by atoms with Crippen LogP contribution in [0.2, 0.25) is 0 Å². The van der Waals surface area contributed by atoms with Gasteiger partial charge in [0.2, 0.25) is 5.75 Å². The number of benzene rings is 2. The molecule has 2 aromatic carbocycles. The minimum atomic E-state index is -4.82. The summed E-state index contributed by atoms with van der Waals surface area (Å²) in [5.74, 6) is -1.06. The summed E-state index contributed by atoms with van der Waals surface area (Å²) < 4.78 is 77.8. The van der Waals surface area contributed by atoms with Crippen molar-refractivity contribution in [2.75, 3.05) is 0 Å². The largest absolute Gasteiger partial charge is 0.449 e. The molecule has 11 heteroatoms. The van der Waals surface area contributed by atoms with Gasteiger partial charge in [-0.3, -0.25) is 14.7 Å². The Morgan fingerprint density at radius 2 is 1.50 bits per heavy atom. The molecule has 2 aromatic rings. The number of nitro benzene ring substituents is 1. The van der Waals surface area contributed by atoms with Gasteiger partial charge in [0.1, 0.15) is 10.6 Å². The summed E-state index contributed by atoms with van der Waals surface area (Å²) in [5, 5.41) is 11.3. The van der Waals surface area contributed by atoms with Crippen LogP contribution in [0.1, 0.15) is 52.2 Å². The van der Waals surface area contributed by atoms with Crippen LogP contribution < -0.4 is 4.74 Å². The van der Waals surface area contributed by atoms with Gasteiger partial charge in [-0.15, -0.1) is 0 Å². The lowest BCUT2D eigenvalue weighted by Crippen LogP contribution is -2.25. The molecule has 0 amide bonds. The quantitative estimate of drug-likeness (QED) is 0.296. The molecule has 32 heavy (non-hydrogen) atoms. The van der Waals surface area contributed by atoms with Gasteiger partial charge in [-0.25, -0.2) is 0 Å². The van der Waals surface area contributed by atoms with Gasteiger partial charge in [-0.2, -0.15) is 21.6 Å². The molecule has 7 nitrogen and oxygen atoms in total. The van der Waals surface area contributed by atoms with E-state index in [4.69, 9.17) is 4.74 Å². The van der Waals surface area contributed by atoms with E-state index in [1.165, 1.54) is 12.1 Å². The van der Waals surface area contributed by atoms with E-state index in [1.54, 1.807) is 6.07 Å². The van der Waals surface area contributed by atoms with E-state index in [2.05, 4.69) is 0 Å². The van der Waals surface area contributed by atoms with E-state index in [0.29, 0.717) is 24.1 Å². The number of hydrogen-bond donors (Lipinski definition) is 1. The molecule has 0 atom stereocenters. The fourth-order valence-electron chi connectivity index (χ4n) is 3.68. The number of rotatable bonds is 6. The summed E-state index contributed by atoms with van der Waals surface area (Å²) in [6.07, 6.45) is -4.15. The number of nitrogens with zero attached hydrogens (tertiary/aromatic N) is 1. The summed E-state index contributed by atoms with van der Waals surface area (Å²) in [7, 11) is -4.82. The Morgan fingerprint density at radius 1 is 0.969 bits per heavy atom. The number of halogens is 3. The first kappa shape index (κ1) is 25.6. The Kier molecular flexibility index (Phi) is 6.69. The first-order valence-corrected chi connectivity index (χ1v) is 10.9. The highest BCUT2D eigenvalue weighted by Crippen LogP contribution is 2.42. The maximum Gasteiger partial charge on any atom is 0.416 e. The third kappa shape index (κ3) is 6.19. The molecule has 1 N–H and O–H groups in total. The second-order valence-electron chi connectivity index (χ2n) is 9.30. The second kappa shape index (κ2) is 8.36. The van der Waals surface area contributed by atoms with Gasteiger partial charge in [0.15, 0.2) is 0 Å². The van der Waals surface area contributed by atoms with Gasteiger partial charge in [-0.05, 0) is 47.1 Å². The zero-order valence-electron chi connectivity index (χ0n) is 18.1. The smallest absolute Gasteiger partial charge is 0.416 e. The predicted molar refractivity (Wildman–Crippen MR) is 112 cm³/mol. The summed E-state index contributed by atoms with van der Waals surface area (Å²) in [5.41, 5.74) is -2.30. The number of hydrogen-bond acceptors (Lipinski definition) is 5. The zero-order valence-corrected chi connectivity index (χ0v) is 19.0. The van der Waals surface area contributed by atoms with Gasteiger partial charge in [-0.1, -0.05) is 40.7 Å². The lowest BCUT2D eigenvalue weighted by atomic mass is 9.72. The molecule has 0 saturated carbocycles. The number of nitro groups is 1. The Balaban J connectivity index is 2.59. The molecule has 0 unspecified atom stereocenters. The molecule has 0 heterocycles. The van der Waals surface area contributed by atoms with Crippen molar-refractivity contribution in [2.24, 2.45) is 5.41 Å². The normalized spacial score (nSPS) is 13.2. The highest BCUT2D eigenvalue weighted by atomic mass is 32.2. The van der Waals surface area contributed by atoms with E-state index >= 15 is 0 Å². The minimum absolute atomic E-state index is 0.0994. The van der Waals surface area contributed by atoms with Gasteiger partial charge in [0.05, 0.1) is 10.5 Å². The Morgan fingerprint density at radius 3 is 1.97 bits per heavy atom. The predicted octanol–water partition coefficient (Wildman–Crippen LogP) is 6.37. The number of alkyl halides is 3. The van der Waals surface area contributed by atoms with E-state index in [9.17, 15) is 36.3 Å². The van der Waals surface area contributed by atoms with Crippen molar-refractivity contribution in [1.29, 1.82) is 0 Å². The molecule has 0 aliphatic carbocycles. The van der Waals surface area contributed by atoms with Crippen LogP contribution in [0, 0.1) is 15.5 Å². The maximum atomic E-state index is 12.9. The highest BCUT2D eigenvalue weighted by Gasteiger charge is 2.34. The SMILES string of the molecule is CC(C)(C)CC(C)(C)c1ccc(Oc2ccc(C(F)(F)F)cc2[N+](=O)[O-])c(S(=O)(=O)O)c1. The topological polar surface area (TPSA) is 107 Å². The first-order chi connectivity index (χ1) is 14.3. The second-order valence-corrected chi connectivity index (χ2v) is 10.7. The molecule has 0 aromatic heterocycles. The first-order valence-electron chi connectivity index (χ1n) is 9.47. The van der Waals surface area contributed by atoms with Crippen LogP contribution in [-0.2, 0) is 21.7 Å². The van der Waals surface area contributed by atoms with Gasteiger partial charge in [0.25, 0.3) is 10.1 Å². The third-order valence-corrected chi connectivity index (χ3v) is 5.55. The van der Waals surface area contributed by atoms with Gasteiger partial charge < -0.3 is 4.74 Å². The average Bonchev–Trinajstić information content (AvgIpc) is 2.58. The highest BCUT2D eigenvalue weighted by molar-refractivity contribution is 7.86. The molecule has 0 radical (unpaired) electrons. The summed E-state index contributed by atoms with van der Waals surface area (Å²) in [4.78, 5) is 9.56. The van der Waals surface area contributed by atoms with Crippen LogP contribution in [0.5, 0.6) is 11.5 Å². The van der Waals surface area contributed by atoms with Crippen LogP contribution in [0.3, 0.4) is 0 Å². The van der Waals surface area contributed by atoms with Crippen LogP contribution >= 0.6 is 0 Å². The van der Waals surface area contributed by atoms with Crippen LogP contribution in [0.25, 0.3) is 0 Å². The fraction of sp³-hybridized carbons (Fsp3) is 0.429. The zero-order chi connectivity index (χ0) is 24.7. The molecule has 0 fully saturated rings. The summed E-state index contributed by atoms with van der Waals surface area (Å²) in [6.45, 7) is 9.82. The molecule has 0 bridgehead atoms. The molecular formula is C21H24F3NO6S. The lowest BCUT2D eigenvalue weighted by molar-refractivity contribution is -0.385. The molecule has 0 spiro atoms. The standard InChI is InChI=1S/C21H24F3NO6S/c1-19(2,3)12-20(4,5)13-6-9-17(18(11-13)32(28,29)30)31-16-8-7-14(21(22,23)24)10-15(16)25(26)27/h6-11H,12H2,1-5H3,(H,28,29,30). The van der Waals surface area contributed by atoms with Gasteiger partial charge >= 0.3 is 11.9 Å². The van der Waals surface area contributed by atoms with E-state index in [0.717, 1.165) is 6.07 Å². The van der Waals surface area contributed by atoms with E-state index < -0.39 is 54.3 Å². The Labute approximate surface area is 184 Å². The lowest BCUT2D eigenvalue weighted by Gasteiger charge is -2.33. The van der Waals surface area contributed by atoms with Crippen molar-refractivity contribution >= 4 is 15.8 Å². The van der Waals surface area contributed by atoms with E-state index in [-0.39, 0.29) is 5.41 Å². The average molecular weight is 475 g/mol. The number of ether oxygens (including phenoxy) is 1. The van der Waals surface area contributed by atoms with E-state index in [1.807, 2.05) is 34.6 Å². The molecule has 0 aliphatic rings. The van der Waals surface area contributed by atoms with Crippen molar-refractivity contribution in [3.05, 3.63) is 57.6 Å². The summed E-state index contributed by atoms with van der Waals surface area (Å²) in [6, 6.07) is 5.56. The molecule has 176 valence electrons. The maximum absolute atomic E-state index is 12.9. The van der Waals surface area contributed by atoms with Crippen LogP contribution in [0.4, 0.5) is 18.9 Å². The molecule has 0 aliphatic heterocycles. The molecular weight excluding hydrogens is 451 g/mol. The molecule has 0 saturated heterocycles. The van der Waals surface area contributed by atoms with Crippen LogP contribution in [0.15, 0.2) is 41.3 Å². The van der Waals surface area contributed by atoms with Crippen molar-refractivity contribution in [2.45, 2.75) is 57.5 Å². The molecule has 2 rings (SSSR count). The third-order valence-electron chi connectivity index (χ3n) is 4.68. The van der Waals surface area contributed by atoms with Crippen molar-refractivity contribution < 1.29 is 35.8 Å². The van der Waals surface area contributed by atoms with Gasteiger partial charge in [0, 0.05) is 6.07 Å². The van der Waals surface area contributed by atoms with Crippen LogP contribution in [-0.4, -0.2) is 17.9 Å². The minimum Gasteiger partial charge on any atom is -0.449 e. The fourth-order valence-corrected chi connectivity index (χ4v) is 4.32. The van der Waals surface area contributed by atoms with Crippen molar-refractivity contribution in [3.8, 4) is 11.5 Å². The van der Waals surface area contributed by atoms with Crippen molar-refractivity contribution in [1.82, 2.24) is 0 Å². The van der Waals surface area contributed by atoms with Crippen molar-refractivity contribution in [3.63, 3.8) is 0 Å². The summed E-state index contributed by atoms with van der Waals surface area (Å²) >= 11 is 0. The Bertz CT molecular complexity index is 1140. The Hall–Kier alpha value is -2.66. The monoisotopic (exact) mass is 475 g/mol.